The van der Waals surface area contributed by atoms with Crippen LogP contribution in [0.3, 0.4) is 0 Å². The van der Waals surface area contributed by atoms with Gasteiger partial charge < -0.3 is 9.80 Å². The van der Waals surface area contributed by atoms with E-state index in [-0.39, 0.29) is 0 Å². The molecule has 132 valence electrons. The lowest BCUT2D eigenvalue weighted by Gasteiger charge is -2.21. The molecule has 2 aromatic rings. The molecule has 2 aliphatic heterocycles. The molecule has 3 heteroatoms. The molecule has 2 aromatic carbocycles. The lowest BCUT2D eigenvalue weighted by atomic mass is 10.0. The van der Waals surface area contributed by atoms with Crippen molar-refractivity contribution in [3.05, 3.63) is 66.0 Å². The summed E-state index contributed by atoms with van der Waals surface area (Å²) in [5.41, 5.74) is 5.81. The molecule has 1 fully saturated rings. The molecule has 0 saturated carbocycles. The van der Waals surface area contributed by atoms with E-state index in [1.807, 2.05) is 24.3 Å². The molecule has 0 spiro atoms. The van der Waals surface area contributed by atoms with Crippen LogP contribution in [0.15, 0.2) is 60.4 Å². The summed E-state index contributed by atoms with van der Waals surface area (Å²) in [6.45, 7) is 8.00. The zero-order valence-corrected chi connectivity index (χ0v) is 15.5. The Hall–Kier alpha value is -2.73. The van der Waals surface area contributed by atoms with E-state index < -0.39 is 0 Å². The van der Waals surface area contributed by atoms with Gasteiger partial charge >= 0.3 is 0 Å². The van der Waals surface area contributed by atoms with Crippen molar-refractivity contribution in [3.8, 4) is 17.2 Å². The first-order valence-electron chi connectivity index (χ1n) is 9.48. The highest BCUT2D eigenvalue weighted by Crippen LogP contribution is 2.38. The average molecular weight is 343 g/mol. The number of nitrogens with zero attached hydrogens (tertiary/aromatic N) is 3. The standard InChI is InChI=1S/C23H25N3/c1-17(2)14-25-15-21-11-12-26(23(21)16-25)22-9-7-20(8-10-22)19-5-3-18(13-24)4-6-19/h3-10,16-17,21H,11-12,14-15H2,1-2H3/t21-/m1/s1. The molecule has 1 saturated heterocycles. The maximum atomic E-state index is 8.93. The third-order valence-corrected chi connectivity index (χ3v) is 5.33. The molecule has 0 amide bonds. The van der Waals surface area contributed by atoms with Crippen LogP contribution < -0.4 is 4.90 Å². The van der Waals surface area contributed by atoms with Crippen molar-refractivity contribution in [1.82, 2.24) is 4.90 Å². The van der Waals surface area contributed by atoms with Crippen LogP contribution in [0.2, 0.25) is 0 Å². The molecule has 2 heterocycles. The first-order chi connectivity index (χ1) is 12.6. The van der Waals surface area contributed by atoms with Gasteiger partial charge in [0.15, 0.2) is 0 Å². The fraction of sp³-hybridized carbons (Fsp3) is 0.348. The van der Waals surface area contributed by atoms with Gasteiger partial charge in [0.1, 0.15) is 0 Å². The number of benzene rings is 2. The molecule has 4 rings (SSSR count). The van der Waals surface area contributed by atoms with E-state index in [0.717, 1.165) is 18.7 Å². The summed E-state index contributed by atoms with van der Waals surface area (Å²) >= 11 is 0. The Kier molecular flexibility index (Phi) is 4.42. The third-order valence-electron chi connectivity index (χ3n) is 5.33. The van der Waals surface area contributed by atoms with E-state index in [0.29, 0.717) is 17.4 Å². The van der Waals surface area contributed by atoms with Crippen molar-refractivity contribution in [2.75, 3.05) is 24.5 Å². The first kappa shape index (κ1) is 16.7. The molecule has 0 aliphatic carbocycles. The Morgan fingerprint density at radius 2 is 1.69 bits per heavy atom. The van der Waals surface area contributed by atoms with Gasteiger partial charge in [-0.1, -0.05) is 38.1 Å². The summed E-state index contributed by atoms with van der Waals surface area (Å²) < 4.78 is 0. The Balaban J connectivity index is 1.52. The molecule has 1 atom stereocenters. The minimum atomic E-state index is 0.687. The molecular formula is C23H25N3. The van der Waals surface area contributed by atoms with Gasteiger partial charge in [-0.05, 0) is 47.7 Å². The van der Waals surface area contributed by atoms with Crippen molar-refractivity contribution < 1.29 is 0 Å². The summed E-state index contributed by atoms with van der Waals surface area (Å²) in [4.78, 5) is 4.97. The van der Waals surface area contributed by atoms with Crippen molar-refractivity contribution in [2.24, 2.45) is 11.8 Å². The zero-order chi connectivity index (χ0) is 18.1. The van der Waals surface area contributed by atoms with Gasteiger partial charge in [-0.15, -0.1) is 0 Å². The zero-order valence-electron chi connectivity index (χ0n) is 15.5. The van der Waals surface area contributed by atoms with Crippen LogP contribution in [0, 0.1) is 23.2 Å². The second-order valence-corrected chi connectivity index (χ2v) is 7.77. The summed E-state index contributed by atoms with van der Waals surface area (Å²) in [5.74, 6) is 1.39. The predicted molar refractivity (Wildman–Crippen MR) is 107 cm³/mol. The van der Waals surface area contributed by atoms with Gasteiger partial charge in [-0.3, -0.25) is 0 Å². The maximum absolute atomic E-state index is 8.93. The second kappa shape index (κ2) is 6.88. The van der Waals surface area contributed by atoms with E-state index in [4.69, 9.17) is 5.26 Å². The smallest absolute Gasteiger partial charge is 0.0991 e. The molecule has 0 radical (unpaired) electrons. The van der Waals surface area contributed by atoms with Crippen LogP contribution in [0.4, 0.5) is 5.69 Å². The number of nitriles is 1. The van der Waals surface area contributed by atoms with E-state index >= 15 is 0 Å². The Labute approximate surface area is 156 Å². The molecule has 26 heavy (non-hydrogen) atoms. The Bertz CT molecular complexity index is 841. The minimum absolute atomic E-state index is 0.687. The summed E-state index contributed by atoms with van der Waals surface area (Å²) in [6.07, 6.45) is 3.63. The molecule has 2 aliphatic rings. The summed E-state index contributed by atoms with van der Waals surface area (Å²) in [5, 5.41) is 8.93. The van der Waals surface area contributed by atoms with Crippen LogP contribution in [0.1, 0.15) is 25.8 Å². The second-order valence-electron chi connectivity index (χ2n) is 7.77. The fourth-order valence-electron chi connectivity index (χ4n) is 4.11. The van der Waals surface area contributed by atoms with Gasteiger partial charge in [-0.2, -0.15) is 5.26 Å². The van der Waals surface area contributed by atoms with Gasteiger partial charge in [0, 0.05) is 43.1 Å². The quantitative estimate of drug-likeness (QED) is 0.794. The lowest BCUT2D eigenvalue weighted by molar-refractivity contribution is 0.325. The van der Waals surface area contributed by atoms with Gasteiger partial charge in [0.25, 0.3) is 0 Å². The van der Waals surface area contributed by atoms with Crippen LogP contribution in [0.5, 0.6) is 0 Å². The number of rotatable bonds is 4. The molecule has 0 bridgehead atoms. The van der Waals surface area contributed by atoms with Gasteiger partial charge in [0.05, 0.1) is 11.6 Å². The molecule has 0 N–H and O–H groups in total. The molecule has 3 nitrogen and oxygen atoms in total. The van der Waals surface area contributed by atoms with Gasteiger partial charge in [0.2, 0.25) is 0 Å². The highest BCUT2D eigenvalue weighted by atomic mass is 15.2. The Morgan fingerprint density at radius 1 is 1.04 bits per heavy atom. The van der Waals surface area contributed by atoms with Crippen LogP contribution in [-0.4, -0.2) is 24.5 Å². The number of hydrogen-bond acceptors (Lipinski definition) is 3. The molecule has 0 aromatic heterocycles. The third kappa shape index (κ3) is 3.20. The fourth-order valence-corrected chi connectivity index (χ4v) is 4.11. The first-order valence-corrected chi connectivity index (χ1v) is 9.48. The van der Waals surface area contributed by atoms with Crippen LogP contribution in [0.25, 0.3) is 11.1 Å². The van der Waals surface area contributed by atoms with Crippen molar-refractivity contribution in [3.63, 3.8) is 0 Å². The highest BCUT2D eigenvalue weighted by Gasteiger charge is 2.34. The van der Waals surface area contributed by atoms with Crippen LogP contribution >= 0.6 is 0 Å². The number of hydrogen-bond donors (Lipinski definition) is 0. The topological polar surface area (TPSA) is 30.3 Å². The van der Waals surface area contributed by atoms with E-state index in [1.54, 1.807) is 0 Å². The molecular weight excluding hydrogens is 318 g/mol. The SMILES string of the molecule is CC(C)CN1C=C2[C@H](CCN2c2ccc(-c3ccc(C#N)cc3)cc2)C1. The number of anilines is 1. The number of fused-ring (bicyclic) bond motifs is 1. The average Bonchev–Trinajstić information content (AvgIpc) is 3.21. The van der Waals surface area contributed by atoms with E-state index in [2.05, 4.69) is 60.2 Å². The maximum Gasteiger partial charge on any atom is 0.0991 e. The van der Waals surface area contributed by atoms with Crippen molar-refractivity contribution in [1.29, 1.82) is 5.26 Å². The Morgan fingerprint density at radius 3 is 2.31 bits per heavy atom. The monoisotopic (exact) mass is 343 g/mol. The summed E-state index contributed by atoms with van der Waals surface area (Å²) in [6, 6.07) is 18.8. The summed E-state index contributed by atoms with van der Waals surface area (Å²) in [7, 11) is 0. The van der Waals surface area contributed by atoms with E-state index in [9.17, 15) is 0 Å². The molecule has 0 unspecified atom stereocenters. The predicted octanol–water partition coefficient (Wildman–Crippen LogP) is 4.86. The largest absolute Gasteiger partial charge is 0.375 e. The van der Waals surface area contributed by atoms with Gasteiger partial charge in [-0.25, -0.2) is 0 Å². The minimum Gasteiger partial charge on any atom is -0.375 e. The lowest BCUT2D eigenvalue weighted by Crippen LogP contribution is -2.23. The van der Waals surface area contributed by atoms with E-state index in [1.165, 1.54) is 29.9 Å². The normalized spacial score (nSPS) is 18.8. The van der Waals surface area contributed by atoms with Crippen LogP contribution in [-0.2, 0) is 0 Å². The van der Waals surface area contributed by atoms with Crippen molar-refractivity contribution >= 4 is 5.69 Å². The van der Waals surface area contributed by atoms with Crippen molar-refractivity contribution in [2.45, 2.75) is 20.3 Å². The highest BCUT2D eigenvalue weighted by molar-refractivity contribution is 5.68.